The molecule has 0 aliphatic heterocycles. The summed E-state index contributed by atoms with van der Waals surface area (Å²) in [5.74, 6) is 0.885. The highest BCUT2D eigenvalue weighted by molar-refractivity contribution is 5.91. The van der Waals surface area contributed by atoms with E-state index in [0.29, 0.717) is 24.8 Å². The van der Waals surface area contributed by atoms with Gasteiger partial charge in [-0.3, -0.25) is 4.79 Å². The van der Waals surface area contributed by atoms with Crippen LogP contribution in [0.5, 0.6) is 0 Å². The van der Waals surface area contributed by atoms with Crippen molar-refractivity contribution in [2.24, 2.45) is 0 Å². The van der Waals surface area contributed by atoms with Crippen LogP contribution in [0.15, 0.2) is 48.5 Å². The monoisotopic (exact) mass is 324 g/mol. The Morgan fingerprint density at radius 1 is 0.833 bits per heavy atom. The second kappa shape index (κ2) is 8.53. The van der Waals surface area contributed by atoms with Gasteiger partial charge in [-0.15, -0.1) is 0 Å². The molecular formula is C21H28N2O. The second-order valence-electron chi connectivity index (χ2n) is 6.71. The molecule has 0 atom stereocenters. The van der Waals surface area contributed by atoms with Crippen LogP contribution in [-0.2, 0) is 4.79 Å². The number of para-hydroxylation sites is 2. The van der Waals surface area contributed by atoms with Gasteiger partial charge in [-0.25, -0.2) is 0 Å². The number of amides is 1. The van der Waals surface area contributed by atoms with Crippen molar-refractivity contribution < 1.29 is 4.79 Å². The van der Waals surface area contributed by atoms with Crippen molar-refractivity contribution in [3.05, 3.63) is 59.7 Å². The zero-order valence-corrected chi connectivity index (χ0v) is 15.1. The Kier molecular flexibility index (Phi) is 6.42. The highest BCUT2D eigenvalue weighted by Crippen LogP contribution is 2.25. The summed E-state index contributed by atoms with van der Waals surface area (Å²) >= 11 is 0. The van der Waals surface area contributed by atoms with E-state index < -0.39 is 0 Å². The average molecular weight is 324 g/mol. The first kappa shape index (κ1) is 18.1. The summed E-state index contributed by atoms with van der Waals surface area (Å²) in [6, 6.07) is 16.3. The molecule has 0 fully saturated rings. The Balaban J connectivity index is 1.91. The zero-order valence-electron chi connectivity index (χ0n) is 15.1. The van der Waals surface area contributed by atoms with Crippen LogP contribution in [-0.4, -0.2) is 12.5 Å². The van der Waals surface area contributed by atoms with E-state index in [9.17, 15) is 4.79 Å². The quantitative estimate of drug-likeness (QED) is 0.718. The fourth-order valence-electron chi connectivity index (χ4n) is 2.80. The normalized spacial score (nSPS) is 10.9. The maximum Gasteiger partial charge on any atom is 0.226 e. The van der Waals surface area contributed by atoms with E-state index in [2.05, 4.69) is 62.6 Å². The van der Waals surface area contributed by atoms with Gasteiger partial charge in [0, 0.05) is 24.3 Å². The van der Waals surface area contributed by atoms with Crippen molar-refractivity contribution in [2.45, 2.75) is 46.0 Å². The lowest BCUT2D eigenvalue weighted by molar-refractivity contribution is -0.115. The van der Waals surface area contributed by atoms with Crippen molar-refractivity contribution in [1.82, 2.24) is 0 Å². The minimum absolute atomic E-state index is 0.0395. The first-order valence-corrected chi connectivity index (χ1v) is 8.70. The molecular weight excluding hydrogens is 296 g/mol. The second-order valence-corrected chi connectivity index (χ2v) is 6.71. The third-order valence-electron chi connectivity index (χ3n) is 4.11. The Labute approximate surface area is 145 Å². The lowest BCUT2D eigenvalue weighted by Crippen LogP contribution is -2.17. The van der Waals surface area contributed by atoms with Gasteiger partial charge in [0.2, 0.25) is 5.91 Å². The minimum atomic E-state index is 0.0395. The van der Waals surface area contributed by atoms with Crippen LogP contribution in [0.25, 0.3) is 0 Å². The molecule has 0 aromatic heterocycles. The smallest absolute Gasteiger partial charge is 0.226 e. The van der Waals surface area contributed by atoms with E-state index in [-0.39, 0.29) is 5.91 Å². The Morgan fingerprint density at radius 2 is 1.33 bits per heavy atom. The third kappa shape index (κ3) is 4.85. The molecule has 128 valence electrons. The summed E-state index contributed by atoms with van der Waals surface area (Å²) < 4.78 is 0. The SMILES string of the molecule is CC(C)c1ccccc1NCCC(=O)Nc1ccccc1C(C)C. The minimum Gasteiger partial charge on any atom is -0.384 e. The van der Waals surface area contributed by atoms with Crippen LogP contribution in [0, 0.1) is 0 Å². The Bertz CT molecular complexity index is 677. The van der Waals surface area contributed by atoms with E-state index >= 15 is 0 Å². The third-order valence-corrected chi connectivity index (χ3v) is 4.11. The first-order chi connectivity index (χ1) is 11.5. The molecule has 0 aliphatic rings. The molecule has 0 saturated carbocycles. The molecule has 0 aliphatic carbocycles. The number of carbonyl (C=O) groups excluding carboxylic acids is 1. The van der Waals surface area contributed by atoms with Crippen LogP contribution in [0.2, 0.25) is 0 Å². The lowest BCUT2D eigenvalue weighted by atomic mass is 10.0. The summed E-state index contributed by atoms with van der Waals surface area (Å²) in [5, 5.41) is 6.42. The molecule has 3 heteroatoms. The summed E-state index contributed by atoms with van der Waals surface area (Å²) in [4.78, 5) is 12.2. The number of carbonyl (C=O) groups is 1. The number of hydrogen-bond acceptors (Lipinski definition) is 2. The fraction of sp³-hybridized carbons (Fsp3) is 0.381. The van der Waals surface area contributed by atoms with E-state index in [1.54, 1.807) is 0 Å². The van der Waals surface area contributed by atoms with Gasteiger partial charge in [-0.1, -0.05) is 64.1 Å². The summed E-state index contributed by atoms with van der Waals surface area (Å²) in [6.45, 7) is 9.25. The lowest BCUT2D eigenvalue weighted by Gasteiger charge is -2.15. The van der Waals surface area contributed by atoms with E-state index in [0.717, 1.165) is 11.4 Å². The van der Waals surface area contributed by atoms with Gasteiger partial charge in [-0.2, -0.15) is 0 Å². The molecule has 0 heterocycles. The molecule has 0 radical (unpaired) electrons. The highest BCUT2D eigenvalue weighted by atomic mass is 16.1. The van der Waals surface area contributed by atoms with Crippen molar-refractivity contribution in [3.8, 4) is 0 Å². The summed E-state index contributed by atoms with van der Waals surface area (Å²) in [5.41, 5.74) is 4.48. The Hall–Kier alpha value is -2.29. The molecule has 24 heavy (non-hydrogen) atoms. The van der Waals surface area contributed by atoms with Crippen LogP contribution < -0.4 is 10.6 Å². The predicted octanol–water partition coefficient (Wildman–Crippen LogP) is 5.37. The molecule has 0 spiro atoms. The van der Waals surface area contributed by atoms with Crippen molar-refractivity contribution in [3.63, 3.8) is 0 Å². The van der Waals surface area contributed by atoms with Gasteiger partial charge < -0.3 is 10.6 Å². The Morgan fingerprint density at radius 3 is 1.92 bits per heavy atom. The number of benzene rings is 2. The molecule has 2 aromatic carbocycles. The predicted molar refractivity (Wildman–Crippen MR) is 103 cm³/mol. The van der Waals surface area contributed by atoms with Gasteiger partial charge >= 0.3 is 0 Å². The molecule has 2 rings (SSSR count). The molecule has 1 amide bonds. The molecule has 3 nitrogen and oxygen atoms in total. The maximum absolute atomic E-state index is 12.2. The molecule has 0 saturated heterocycles. The number of rotatable bonds is 7. The van der Waals surface area contributed by atoms with Crippen LogP contribution in [0.3, 0.4) is 0 Å². The topological polar surface area (TPSA) is 41.1 Å². The average Bonchev–Trinajstić information content (AvgIpc) is 2.55. The summed E-state index contributed by atoms with van der Waals surface area (Å²) in [7, 11) is 0. The maximum atomic E-state index is 12.2. The van der Waals surface area contributed by atoms with Crippen molar-refractivity contribution in [1.29, 1.82) is 0 Å². The van der Waals surface area contributed by atoms with Gasteiger partial charge in [-0.05, 0) is 35.1 Å². The van der Waals surface area contributed by atoms with E-state index in [4.69, 9.17) is 0 Å². The van der Waals surface area contributed by atoms with Crippen LogP contribution in [0.1, 0.15) is 57.1 Å². The highest BCUT2D eigenvalue weighted by Gasteiger charge is 2.10. The fourth-order valence-corrected chi connectivity index (χ4v) is 2.80. The van der Waals surface area contributed by atoms with E-state index in [1.165, 1.54) is 11.1 Å². The number of nitrogens with one attached hydrogen (secondary N) is 2. The van der Waals surface area contributed by atoms with Crippen LogP contribution in [0.4, 0.5) is 11.4 Å². The largest absolute Gasteiger partial charge is 0.384 e. The van der Waals surface area contributed by atoms with Gasteiger partial charge in [0.1, 0.15) is 0 Å². The number of hydrogen-bond donors (Lipinski definition) is 2. The van der Waals surface area contributed by atoms with Gasteiger partial charge in [0.15, 0.2) is 0 Å². The summed E-state index contributed by atoms with van der Waals surface area (Å²) in [6.07, 6.45) is 0.443. The van der Waals surface area contributed by atoms with Gasteiger partial charge in [0.05, 0.1) is 0 Å². The van der Waals surface area contributed by atoms with Crippen molar-refractivity contribution >= 4 is 17.3 Å². The standard InChI is InChI=1S/C21H28N2O/c1-15(2)17-9-5-7-11-19(17)22-14-13-21(24)23-20-12-8-6-10-18(20)16(3)4/h5-12,15-16,22H,13-14H2,1-4H3,(H,23,24). The van der Waals surface area contributed by atoms with E-state index in [1.807, 2.05) is 24.3 Å². The van der Waals surface area contributed by atoms with Crippen LogP contribution >= 0.6 is 0 Å². The molecule has 2 N–H and O–H groups in total. The number of anilines is 2. The molecule has 2 aromatic rings. The van der Waals surface area contributed by atoms with Crippen molar-refractivity contribution in [2.75, 3.05) is 17.2 Å². The zero-order chi connectivity index (χ0) is 17.5. The first-order valence-electron chi connectivity index (χ1n) is 8.70. The molecule has 0 bridgehead atoms. The molecule has 0 unspecified atom stereocenters. The van der Waals surface area contributed by atoms with Gasteiger partial charge in [0.25, 0.3) is 0 Å².